The zero-order chi connectivity index (χ0) is 19.7. The second-order valence-electron chi connectivity index (χ2n) is 7.38. The first-order chi connectivity index (χ1) is 13.5. The van der Waals surface area contributed by atoms with Gasteiger partial charge in [-0.2, -0.15) is 5.10 Å². The van der Waals surface area contributed by atoms with Crippen LogP contribution in [0.15, 0.2) is 30.6 Å². The van der Waals surface area contributed by atoms with Gasteiger partial charge in [-0.3, -0.25) is 9.89 Å². The summed E-state index contributed by atoms with van der Waals surface area (Å²) in [6, 6.07) is 7.13. The van der Waals surface area contributed by atoms with Crippen molar-refractivity contribution < 1.29 is 4.79 Å². The number of nitrogens with zero attached hydrogens (tertiary/aromatic N) is 4. The average Bonchev–Trinajstić information content (AvgIpc) is 3.28. The largest absolute Gasteiger partial charge is 0.349 e. The van der Waals surface area contributed by atoms with Gasteiger partial charge >= 0.3 is 0 Å². The average molecular weight is 399 g/mol. The first kappa shape index (κ1) is 18.7. The second-order valence-corrected chi connectivity index (χ2v) is 7.81. The van der Waals surface area contributed by atoms with Crippen molar-refractivity contribution in [3.05, 3.63) is 52.7 Å². The highest BCUT2D eigenvalue weighted by Gasteiger charge is 2.27. The first-order valence-electron chi connectivity index (χ1n) is 9.48. The molecule has 0 radical (unpaired) electrons. The molecule has 0 saturated heterocycles. The third-order valence-corrected chi connectivity index (χ3v) is 5.55. The fourth-order valence-corrected chi connectivity index (χ4v) is 4.09. The van der Waals surface area contributed by atoms with E-state index in [-0.39, 0.29) is 17.9 Å². The quantitative estimate of drug-likeness (QED) is 0.702. The molecule has 2 heterocycles. The molecule has 0 bridgehead atoms. The number of aromatic nitrogens is 5. The molecule has 7 nitrogen and oxygen atoms in total. The number of aryl methyl sites for hydroxylation is 2. The maximum absolute atomic E-state index is 12.5. The van der Waals surface area contributed by atoms with Crippen molar-refractivity contribution >= 4 is 17.5 Å². The van der Waals surface area contributed by atoms with E-state index in [1.54, 1.807) is 30.6 Å². The fraction of sp³-hybridized carbons (Fsp3) is 0.400. The summed E-state index contributed by atoms with van der Waals surface area (Å²) < 4.78 is 1.93. The lowest BCUT2D eigenvalue weighted by Crippen LogP contribution is -2.38. The number of halogens is 1. The van der Waals surface area contributed by atoms with Gasteiger partial charge in [0.05, 0.1) is 12.0 Å². The van der Waals surface area contributed by atoms with Gasteiger partial charge in [0.1, 0.15) is 11.5 Å². The first-order valence-corrected chi connectivity index (χ1v) is 9.86. The van der Waals surface area contributed by atoms with Gasteiger partial charge < -0.3 is 9.88 Å². The van der Waals surface area contributed by atoms with Crippen molar-refractivity contribution in [1.29, 1.82) is 0 Å². The van der Waals surface area contributed by atoms with E-state index in [9.17, 15) is 4.79 Å². The maximum atomic E-state index is 12.5. The van der Waals surface area contributed by atoms with E-state index >= 15 is 0 Å². The number of amides is 1. The molecule has 0 aliphatic heterocycles. The highest BCUT2D eigenvalue weighted by molar-refractivity contribution is 6.30. The lowest BCUT2D eigenvalue weighted by atomic mass is 9.85. The van der Waals surface area contributed by atoms with Gasteiger partial charge in [-0.15, -0.1) is 0 Å². The minimum atomic E-state index is -0.0862. The van der Waals surface area contributed by atoms with Gasteiger partial charge in [0, 0.05) is 29.6 Å². The molecule has 1 aromatic carbocycles. The van der Waals surface area contributed by atoms with Gasteiger partial charge in [0.25, 0.3) is 5.91 Å². The van der Waals surface area contributed by atoms with Crippen LogP contribution in [0.5, 0.6) is 0 Å². The van der Waals surface area contributed by atoms with Crippen LogP contribution >= 0.6 is 11.6 Å². The number of hydrogen-bond acceptors (Lipinski definition) is 4. The highest BCUT2D eigenvalue weighted by Crippen LogP contribution is 2.32. The molecule has 2 N–H and O–H groups in total. The lowest BCUT2D eigenvalue weighted by Gasteiger charge is -2.28. The summed E-state index contributed by atoms with van der Waals surface area (Å²) in [7, 11) is 1.94. The van der Waals surface area contributed by atoms with E-state index < -0.39 is 0 Å². The van der Waals surface area contributed by atoms with Crippen LogP contribution < -0.4 is 5.32 Å². The van der Waals surface area contributed by atoms with Crippen LogP contribution in [0.2, 0.25) is 5.02 Å². The van der Waals surface area contributed by atoms with Crippen molar-refractivity contribution in [3.63, 3.8) is 0 Å². The van der Waals surface area contributed by atoms with Gasteiger partial charge in [0.2, 0.25) is 0 Å². The molecule has 2 aromatic heterocycles. The summed E-state index contributed by atoms with van der Waals surface area (Å²) >= 11 is 6.00. The molecule has 1 aliphatic rings. The van der Waals surface area contributed by atoms with Crippen LogP contribution in [0.25, 0.3) is 11.5 Å². The third-order valence-electron chi connectivity index (χ3n) is 5.32. The van der Waals surface area contributed by atoms with E-state index in [4.69, 9.17) is 16.6 Å². The number of carbonyl (C=O) groups is 1. The second kappa shape index (κ2) is 7.75. The van der Waals surface area contributed by atoms with Gasteiger partial charge in [-0.1, -0.05) is 24.1 Å². The number of imidazole rings is 1. The van der Waals surface area contributed by atoms with Crippen molar-refractivity contribution in [1.82, 2.24) is 30.0 Å². The zero-order valence-electron chi connectivity index (χ0n) is 15.9. The van der Waals surface area contributed by atoms with Crippen LogP contribution in [-0.2, 0) is 7.05 Å². The summed E-state index contributed by atoms with van der Waals surface area (Å²) in [5, 5.41) is 11.2. The Morgan fingerprint density at radius 1 is 1.36 bits per heavy atom. The fourth-order valence-electron chi connectivity index (χ4n) is 3.90. The van der Waals surface area contributed by atoms with Gasteiger partial charge in [-0.05, 0) is 44.4 Å². The lowest BCUT2D eigenvalue weighted by molar-refractivity contribution is 0.0924. The molecule has 8 heteroatoms. The monoisotopic (exact) mass is 398 g/mol. The molecular weight excluding hydrogens is 376 g/mol. The summed E-state index contributed by atoms with van der Waals surface area (Å²) in [6.07, 6.45) is 5.63. The summed E-state index contributed by atoms with van der Waals surface area (Å²) in [4.78, 5) is 21.6. The molecule has 2 atom stereocenters. The molecule has 1 amide bonds. The van der Waals surface area contributed by atoms with Crippen molar-refractivity contribution in [2.45, 2.75) is 44.6 Å². The van der Waals surface area contributed by atoms with E-state index in [0.29, 0.717) is 16.4 Å². The Labute approximate surface area is 168 Å². The topological polar surface area (TPSA) is 88.5 Å². The van der Waals surface area contributed by atoms with E-state index in [1.807, 2.05) is 18.5 Å². The van der Waals surface area contributed by atoms with Crippen molar-refractivity contribution in [3.8, 4) is 11.5 Å². The molecule has 0 spiro atoms. The summed E-state index contributed by atoms with van der Waals surface area (Å²) in [5.41, 5.74) is 2.41. The van der Waals surface area contributed by atoms with Crippen LogP contribution in [0.1, 0.15) is 53.5 Å². The molecule has 4 rings (SSSR count). The minimum absolute atomic E-state index is 0.0862. The Morgan fingerprint density at radius 3 is 2.96 bits per heavy atom. The Bertz CT molecular complexity index is 975. The Morgan fingerprint density at radius 2 is 2.21 bits per heavy atom. The number of hydrogen-bond donors (Lipinski definition) is 2. The molecule has 28 heavy (non-hydrogen) atoms. The van der Waals surface area contributed by atoms with E-state index in [1.165, 1.54) is 0 Å². The number of carbonyl (C=O) groups excluding carboxylic acids is 1. The molecule has 3 aromatic rings. The third kappa shape index (κ3) is 3.80. The zero-order valence-corrected chi connectivity index (χ0v) is 16.7. The predicted molar refractivity (Wildman–Crippen MR) is 107 cm³/mol. The molecule has 1 saturated carbocycles. The van der Waals surface area contributed by atoms with E-state index in [0.717, 1.165) is 42.9 Å². The van der Waals surface area contributed by atoms with Gasteiger partial charge in [-0.25, -0.2) is 9.97 Å². The van der Waals surface area contributed by atoms with E-state index in [2.05, 4.69) is 20.5 Å². The van der Waals surface area contributed by atoms with Crippen LogP contribution in [-0.4, -0.2) is 36.7 Å². The molecule has 1 aliphatic carbocycles. The highest BCUT2D eigenvalue weighted by atomic mass is 35.5. The normalized spacial score (nSPS) is 19.5. The Hall–Kier alpha value is -2.67. The predicted octanol–water partition coefficient (Wildman–Crippen LogP) is 3.62. The molecule has 0 unspecified atom stereocenters. The molecular formula is C20H23ClN6O. The standard InChI is InChI=1S/C20H23ClN6O/c1-12-17(27(2)11-22-12)19-24-18(25-26-19)13-5-4-8-16(10-13)23-20(28)14-6-3-7-15(21)9-14/h3,6-7,9,11,13,16H,4-5,8,10H2,1-2H3,(H,23,28)(H,24,25,26)/t13-,16+/m1/s1. The number of benzene rings is 1. The number of aromatic amines is 1. The van der Waals surface area contributed by atoms with Crippen LogP contribution in [0.3, 0.4) is 0 Å². The van der Waals surface area contributed by atoms with Gasteiger partial charge in [0.15, 0.2) is 5.82 Å². The smallest absolute Gasteiger partial charge is 0.251 e. The number of H-pyrrole nitrogens is 1. The number of nitrogens with one attached hydrogen (secondary N) is 2. The minimum Gasteiger partial charge on any atom is -0.349 e. The Balaban J connectivity index is 1.45. The summed E-state index contributed by atoms with van der Waals surface area (Å²) in [6.45, 7) is 1.95. The van der Waals surface area contributed by atoms with Crippen LogP contribution in [0.4, 0.5) is 0 Å². The molecule has 146 valence electrons. The number of rotatable bonds is 4. The maximum Gasteiger partial charge on any atom is 0.251 e. The van der Waals surface area contributed by atoms with Crippen molar-refractivity contribution in [2.24, 2.45) is 7.05 Å². The summed E-state index contributed by atoms with van der Waals surface area (Å²) in [5.74, 6) is 1.69. The SMILES string of the molecule is Cc1ncn(C)c1-c1n[nH]c([C@@H]2CCC[C@H](NC(=O)c3cccc(Cl)c3)C2)n1. The molecule has 1 fully saturated rings. The van der Waals surface area contributed by atoms with Crippen LogP contribution in [0, 0.1) is 6.92 Å². The Kier molecular flexibility index (Phi) is 5.17. The van der Waals surface area contributed by atoms with Crippen molar-refractivity contribution in [2.75, 3.05) is 0 Å².